The van der Waals surface area contributed by atoms with Crippen molar-refractivity contribution in [2.45, 2.75) is 19.3 Å². The van der Waals surface area contributed by atoms with E-state index in [9.17, 15) is 18.8 Å². The van der Waals surface area contributed by atoms with Gasteiger partial charge in [-0.05, 0) is 48.9 Å². The van der Waals surface area contributed by atoms with E-state index in [2.05, 4.69) is 9.72 Å². The summed E-state index contributed by atoms with van der Waals surface area (Å²) < 4.78 is 23.1. The molecular formula is C25H25FN2O5. The van der Waals surface area contributed by atoms with E-state index in [0.29, 0.717) is 41.2 Å². The molecule has 33 heavy (non-hydrogen) atoms. The molecule has 0 bridgehead atoms. The molecule has 7 nitrogen and oxygen atoms in total. The van der Waals surface area contributed by atoms with Gasteiger partial charge in [-0.2, -0.15) is 0 Å². The third-order valence-corrected chi connectivity index (χ3v) is 6.19. The minimum Gasteiger partial charge on any atom is -0.496 e. The van der Waals surface area contributed by atoms with E-state index >= 15 is 0 Å². The lowest BCUT2D eigenvalue weighted by atomic mass is 9.90. The molecule has 1 aromatic heterocycles. The zero-order valence-electron chi connectivity index (χ0n) is 18.5. The van der Waals surface area contributed by atoms with Crippen LogP contribution in [0.5, 0.6) is 5.75 Å². The first-order valence-corrected chi connectivity index (χ1v) is 10.8. The van der Waals surface area contributed by atoms with Gasteiger partial charge in [0.15, 0.2) is 0 Å². The van der Waals surface area contributed by atoms with Crippen LogP contribution in [0.15, 0.2) is 42.6 Å². The molecule has 1 saturated heterocycles. The average Bonchev–Trinajstić information content (AvgIpc) is 3.26. The van der Waals surface area contributed by atoms with Crippen LogP contribution >= 0.6 is 0 Å². The molecule has 172 valence electrons. The first kappa shape index (κ1) is 22.5. The number of Topliss-reactive ketones (excluding diaryl/α,β-unsaturated/α-hetero) is 1. The Balaban J connectivity index is 1.52. The molecule has 0 spiro atoms. The highest BCUT2D eigenvalue weighted by Crippen LogP contribution is 2.31. The smallest absolute Gasteiger partial charge is 0.379 e. The van der Waals surface area contributed by atoms with Crippen LogP contribution in [0.1, 0.15) is 39.1 Å². The zero-order chi connectivity index (χ0) is 23.5. The SMILES string of the molecule is COC(=O)C(=O)c1c[nH]c2cc(OC)c(C(=O)N3CCC(Cc4ccc(F)cc4)CC3)cc12. The summed E-state index contributed by atoms with van der Waals surface area (Å²) in [7, 11) is 2.63. The number of H-pyrrole nitrogens is 1. The Morgan fingerprint density at radius 1 is 1.06 bits per heavy atom. The summed E-state index contributed by atoms with van der Waals surface area (Å²) >= 11 is 0. The summed E-state index contributed by atoms with van der Waals surface area (Å²) in [5.74, 6) is -1.38. The summed E-state index contributed by atoms with van der Waals surface area (Å²) in [6.45, 7) is 1.18. The monoisotopic (exact) mass is 452 g/mol. The number of halogens is 1. The fourth-order valence-corrected chi connectivity index (χ4v) is 4.34. The molecule has 0 aliphatic carbocycles. The van der Waals surface area contributed by atoms with Crippen LogP contribution in [0.4, 0.5) is 4.39 Å². The number of methoxy groups -OCH3 is 2. The van der Waals surface area contributed by atoms with Gasteiger partial charge in [0.05, 0.1) is 25.3 Å². The Morgan fingerprint density at radius 2 is 1.76 bits per heavy atom. The molecule has 0 atom stereocenters. The minimum atomic E-state index is -0.970. The van der Waals surface area contributed by atoms with Gasteiger partial charge in [-0.15, -0.1) is 0 Å². The number of carbonyl (C=O) groups excluding carboxylic acids is 3. The number of nitrogens with one attached hydrogen (secondary N) is 1. The second-order valence-corrected chi connectivity index (χ2v) is 8.19. The van der Waals surface area contributed by atoms with Crippen molar-refractivity contribution >= 4 is 28.6 Å². The fourth-order valence-electron chi connectivity index (χ4n) is 4.34. The number of ketones is 1. The summed E-state index contributed by atoms with van der Waals surface area (Å²) in [6.07, 6.45) is 3.95. The molecule has 2 heterocycles. The average molecular weight is 452 g/mol. The van der Waals surface area contributed by atoms with E-state index in [0.717, 1.165) is 31.9 Å². The molecule has 0 saturated carbocycles. The molecule has 0 unspecified atom stereocenters. The van der Waals surface area contributed by atoms with Crippen LogP contribution in [-0.2, 0) is 16.0 Å². The van der Waals surface area contributed by atoms with Crippen LogP contribution < -0.4 is 4.74 Å². The molecule has 1 aliphatic rings. The Bertz CT molecular complexity index is 1190. The molecule has 3 aromatic rings. The molecule has 2 aromatic carbocycles. The first-order valence-electron chi connectivity index (χ1n) is 10.8. The highest BCUT2D eigenvalue weighted by molar-refractivity contribution is 6.43. The van der Waals surface area contributed by atoms with Gasteiger partial charge in [0.1, 0.15) is 11.6 Å². The molecular weight excluding hydrogens is 427 g/mol. The normalized spacial score (nSPS) is 14.3. The van der Waals surface area contributed by atoms with Gasteiger partial charge >= 0.3 is 5.97 Å². The topological polar surface area (TPSA) is 88.7 Å². The van der Waals surface area contributed by atoms with Crippen LogP contribution in [0, 0.1) is 11.7 Å². The molecule has 8 heteroatoms. The number of aromatic nitrogens is 1. The van der Waals surface area contributed by atoms with Gasteiger partial charge in [0, 0.05) is 36.3 Å². The number of likely N-dealkylation sites (tertiary alicyclic amines) is 1. The number of fused-ring (bicyclic) bond motifs is 1. The van der Waals surface area contributed by atoms with E-state index in [1.807, 2.05) is 0 Å². The van der Waals surface area contributed by atoms with Crippen molar-refractivity contribution in [3.63, 3.8) is 0 Å². The highest BCUT2D eigenvalue weighted by Gasteiger charge is 2.28. The van der Waals surface area contributed by atoms with Crippen molar-refractivity contribution in [1.82, 2.24) is 9.88 Å². The molecule has 4 rings (SSSR count). The maximum Gasteiger partial charge on any atom is 0.379 e. The summed E-state index contributed by atoms with van der Waals surface area (Å²) in [5.41, 5.74) is 2.14. The van der Waals surface area contributed by atoms with Crippen LogP contribution in [-0.4, -0.2) is 54.9 Å². The van der Waals surface area contributed by atoms with E-state index in [4.69, 9.17) is 4.74 Å². The number of hydrogen-bond donors (Lipinski definition) is 1. The second kappa shape index (κ2) is 9.44. The van der Waals surface area contributed by atoms with Crippen molar-refractivity contribution in [3.05, 3.63) is 65.1 Å². The Morgan fingerprint density at radius 3 is 2.39 bits per heavy atom. The number of amides is 1. The third-order valence-electron chi connectivity index (χ3n) is 6.19. The summed E-state index contributed by atoms with van der Waals surface area (Å²) in [5, 5.41) is 0.459. The van der Waals surface area contributed by atoms with Crippen molar-refractivity contribution in [2.75, 3.05) is 27.3 Å². The van der Waals surface area contributed by atoms with Crippen LogP contribution in [0.2, 0.25) is 0 Å². The third kappa shape index (κ3) is 4.60. The Kier molecular flexibility index (Phi) is 6.44. The fraction of sp³-hybridized carbons (Fsp3) is 0.320. The number of piperidine rings is 1. The number of benzene rings is 2. The van der Waals surface area contributed by atoms with Crippen molar-refractivity contribution in [1.29, 1.82) is 0 Å². The van der Waals surface area contributed by atoms with Crippen molar-refractivity contribution < 1.29 is 28.2 Å². The quantitative estimate of drug-likeness (QED) is 0.349. The molecule has 1 N–H and O–H groups in total. The largest absolute Gasteiger partial charge is 0.496 e. The van der Waals surface area contributed by atoms with Gasteiger partial charge in [-0.3, -0.25) is 9.59 Å². The van der Waals surface area contributed by atoms with Crippen molar-refractivity contribution in [2.24, 2.45) is 5.92 Å². The predicted molar refractivity (Wildman–Crippen MR) is 120 cm³/mol. The van der Waals surface area contributed by atoms with Gasteiger partial charge in [-0.25, -0.2) is 9.18 Å². The number of aromatic amines is 1. The van der Waals surface area contributed by atoms with Crippen molar-refractivity contribution in [3.8, 4) is 5.75 Å². The number of carbonyl (C=O) groups is 3. The number of hydrogen-bond acceptors (Lipinski definition) is 5. The number of esters is 1. The first-order chi connectivity index (χ1) is 15.9. The lowest BCUT2D eigenvalue weighted by Crippen LogP contribution is -2.39. The second-order valence-electron chi connectivity index (χ2n) is 8.19. The number of nitrogens with zero attached hydrogens (tertiary/aromatic N) is 1. The zero-order valence-corrected chi connectivity index (χ0v) is 18.5. The lowest BCUT2D eigenvalue weighted by Gasteiger charge is -2.32. The van der Waals surface area contributed by atoms with Gasteiger partial charge < -0.3 is 19.4 Å². The summed E-state index contributed by atoms with van der Waals surface area (Å²) in [6, 6.07) is 9.78. The number of ether oxygens (including phenoxy) is 2. The van der Waals surface area contributed by atoms with E-state index < -0.39 is 11.8 Å². The Hall–Kier alpha value is -3.68. The molecule has 1 aliphatic heterocycles. The van der Waals surface area contributed by atoms with Gasteiger partial charge in [0.2, 0.25) is 0 Å². The summed E-state index contributed by atoms with van der Waals surface area (Å²) in [4.78, 5) is 42.1. The molecule has 0 radical (unpaired) electrons. The maximum absolute atomic E-state index is 13.3. The van der Waals surface area contributed by atoms with Crippen LogP contribution in [0.3, 0.4) is 0 Å². The minimum absolute atomic E-state index is 0.145. The van der Waals surface area contributed by atoms with E-state index in [-0.39, 0.29) is 17.3 Å². The lowest BCUT2D eigenvalue weighted by molar-refractivity contribution is -0.135. The van der Waals surface area contributed by atoms with Crippen LogP contribution in [0.25, 0.3) is 10.9 Å². The Labute approximate surface area is 190 Å². The standard InChI is InChI=1S/C25H25FN2O5/c1-32-22-13-21-18(20(14-27-21)23(29)25(31)33-2)12-19(22)24(30)28-9-7-16(8-10-28)11-15-3-5-17(26)6-4-15/h3-6,12-14,16,27H,7-11H2,1-2H3. The maximum atomic E-state index is 13.3. The molecule has 1 amide bonds. The number of rotatable bonds is 6. The van der Waals surface area contributed by atoms with E-state index in [1.54, 1.807) is 29.2 Å². The van der Waals surface area contributed by atoms with Gasteiger partial charge in [-0.1, -0.05) is 12.1 Å². The molecule has 1 fully saturated rings. The predicted octanol–water partition coefficient (Wildman–Crippen LogP) is 3.77. The van der Waals surface area contributed by atoms with E-state index in [1.165, 1.54) is 25.4 Å². The highest BCUT2D eigenvalue weighted by atomic mass is 19.1. The van der Waals surface area contributed by atoms with Gasteiger partial charge in [0.25, 0.3) is 11.7 Å².